The first kappa shape index (κ1) is 24.6. The van der Waals surface area contributed by atoms with Gasteiger partial charge in [-0.3, -0.25) is 4.90 Å². The molecule has 180 valence electrons. The van der Waals surface area contributed by atoms with Gasteiger partial charge in [0, 0.05) is 38.4 Å². The van der Waals surface area contributed by atoms with Gasteiger partial charge in [0.2, 0.25) is 0 Å². The first-order chi connectivity index (χ1) is 15.6. The molecule has 0 saturated carbocycles. The molecular weight excluding hydrogens is 424 g/mol. The molecule has 1 saturated heterocycles. The third kappa shape index (κ3) is 6.25. The van der Waals surface area contributed by atoms with Crippen LogP contribution >= 0.6 is 0 Å². The SMILES string of the molecule is CCc1ccc(C2NC(=O)NC(CN3CCN(C(=O)OC(C)(C)C)CC3)=C2C(=O)OC)cc1. The van der Waals surface area contributed by atoms with Crippen LogP contribution in [-0.4, -0.2) is 73.3 Å². The summed E-state index contributed by atoms with van der Waals surface area (Å²) < 4.78 is 10.5. The van der Waals surface area contributed by atoms with Crippen molar-refractivity contribution in [1.82, 2.24) is 20.4 Å². The van der Waals surface area contributed by atoms with Crippen LogP contribution in [0.5, 0.6) is 0 Å². The molecule has 9 heteroatoms. The molecule has 0 bridgehead atoms. The number of nitrogens with one attached hydrogen (secondary N) is 2. The van der Waals surface area contributed by atoms with Crippen molar-refractivity contribution in [2.45, 2.75) is 45.8 Å². The Bertz CT molecular complexity index is 912. The maximum absolute atomic E-state index is 12.7. The van der Waals surface area contributed by atoms with Gasteiger partial charge in [0.15, 0.2) is 0 Å². The molecule has 2 N–H and O–H groups in total. The molecule has 3 rings (SSSR count). The molecule has 9 nitrogen and oxygen atoms in total. The van der Waals surface area contributed by atoms with Crippen LogP contribution in [0.3, 0.4) is 0 Å². The lowest BCUT2D eigenvalue weighted by atomic mass is 9.94. The number of esters is 1. The average molecular weight is 459 g/mol. The van der Waals surface area contributed by atoms with Gasteiger partial charge in [-0.2, -0.15) is 0 Å². The van der Waals surface area contributed by atoms with Crippen molar-refractivity contribution >= 4 is 18.1 Å². The predicted molar refractivity (Wildman–Crippen MR) is 124 cm³/mol. The predicted octanol–water partition coefficient (Wildman–Crippen LogP) is 2.58. The van der Waals surface area contributed by atoms with E-state index >= 15 is 0 Å². The summed E-state index contributed by atoms with van der Waals surface area (Å²) in [5.41, 5.74) is 2.34. The highest BCUT2D eigenvalue weighted by Crippen LogP contribution is 2.28. The first-order valence-electron chi connectivity index (χ1n) is 11.3. The van der Waals surface area contributed by atoms with Gasteiger partial charge in [-0.05, 0) is 38.3 Å². The fraction of sp³-hybridized carbons (Fsp3) is 0.542. The van der Waals surface area contributed by atoms with Crippen LogP contribution in [0, 0.1) is 0 Å². The zero-order chi connectivity index (χ0) is 24.2. The van der Waals surface area contributed by atoms with E-state index in [0.29, 0.717) is 44.0 Å². The second-order valence-corrected chi connectivity index (χ2v) is 9.25. The molecular formula is C24H34N4O5. The molecule has 1 atom stereocenters. The van der Waals surface area contributed by atoms with E-state index in [1.165, 1.54) is 12.7 Å². The Morgan fingerprint density at radius 3 is 2.27 bits per heavy atom. The zero-order valence-corrected chi connectivity index (χ0v) is 20.1. The second-order valence-electron chi connectivity index (χ2n) is 9.25. The molecule has 3 amide bonds. The minimum absolute atomic E-state index is 0.331. The largest absolute Gasteiger partial charge is 0.466 e. The van der Waals surface area contributed by atoms with E-state index in [9.17, 15) is 14.4 Å². The molecule has 0 radical (unpaired) electrons. The van der Waals surface area contributed by atoms with E-state index in [2.05, 4.69) is 22.5 Å². The fourth-order valence-corrected chi connectivity index (χ4v) is 3.93. The Hall–Kier alpha value is -3.07. The third-order valence-corrected chi connectivity index (χ3v) is 5.69. The molecule has 0 aromatic heterocycles. The van der Waals surface area contributed by atoms with Crippen molar-refractivity contribution in [3.05, 3.63) is 46.7 Å². The average Bonchev–Trinajstić information content (AvgIpc) is 2.77. The number of aryl methyl sites for hydroxylation is 1. The fourth-order valence-electron chi connectivity index (χ4n) is 3.93. The Morgan fingerprint density at radius 1 is 1.09 bits per heavy atom. The van der Waals surface area contributed by atoms with E-state index in [4.69, 9.17) is 9.47 Å². The lowest BCUT2D eigenvalue weighted by Gasteiger charge is -2.37. The summed E-state index contributed by atoms with van der Waals surface area (Å²) in [5.74, 6) is -0.491. The van der Waals surface area contributed by atoms with Gasteiger partial charge >= 0.3 is 18.1 Å². The number of carbonyl (C=O) groups is 3. The molecule has 1 aromatic rings. The quantitative estimate of drug-likeness (QED) is 0.658. The van der Waals surface area contributed by atoms with Crippen LogP contribution < -0.4 is 10.6 Å². The minimum atomic E-state index is -0.602. The Labute approximate surface area is 195 Å². The Morgan fingerprint density at radius 2 is 1.73 bits per heavy atom. The smallest absolute Gasteiger partial charge is 0.410 e. The van der Waals surface area contributed by atoms with Crippen molar-refractivity contribution in [2.24, 2.45) is 0 Å². The summed E-state index contributed by atoms with van der Waals surface area (Å²) in [6.45, 7) is 10.2. The molecule has 0 spiro atoms. The van der Waals surface area contributed by atoms with Crippen LogP contribution in [-0.2, 0) is 20.7 Å². The van der Waals surface area contributed by atoms with Gasteiger partial charge < -0.3 is 25.0 Å². The Kier molecular flexibility index (Phi) is 7.63. The van der Waals surface area contributed by atoms with Gasteiger partial charge in [-0.15, -0.1) is 0 Å². The van der Waals surface area contributed by atoms with Crippen LogP contribution in [0.4, 0.5) is 9.59 Å². The summed E-state index contributed by atoms with van der Waals surface area (Å²) in [6, 6.07) is 6.87. The number of ether oxygens (including phenoxy) is 2. The molecule has 1 aromatic carbocycles. The van der Waals surface area contributed by atoms with Gasteiger partial charge in [0.1, 0.15) is 5.60 Å². The lowest BCUT2D eigenvalue weighted by Crippen LogP contribution is -2.53. The molecule has 0 aliphatic carbocycles. The number of nitrogens with zero attached hydrogens (tertiary/aromatic N) is 2. The number of hydrogen-bond acceptors (Lipinski definition) is 6. The summed E-state index contributed by atoms with van der Waals surface area (Å²) in [7, 11) is 1.33. The topological polar surface area (TPSA) is 100 Å². The highest BCUT2D eigenvalue weighted by Gasteiger charge is 2.35. The number of rotatable bonds is 5. The van der Waals surface area contributed by atoms with E-state index in [0.717, 1.165) is 12.0 Å². The third-order valence-electron chi connectivity index (χ3n) is 5.69. The van der Waals surface area contributed by atoms with E-state index < -0.39 is 17.6 Å². The monoisotopic (exact) mass is 458 g/mol. The molecule has 1 unspecified atom stereocenters. The van der Waals surface area contributed by atoms with Gasteiger partial charge in [0.05, 0.1) is 18.7 Å². The van der Waals surface area contributed by atoms with Crippen molar-refractivity contribution in [3.8, 4) is 0 Å². The van der Waals surface area contributed by atoms with Gasteiger partial charge in [-0.25, -0.2) is 14.4 Å². The van der Waals surface area contributed by atoms with Crippen LogP contribution in [0.25, 0.3) is 0 Å². The molecule has 1 fully saturated rings. The number of benzene rings is 1. The highest BCUT2D eigenvalue weighted by molar-refractivity contribution is 5.95. The lowest BCUT2D eigenvalue weighted by molar-refractivity contribution is -0.136. The van der Waals surface area contributed by atoms with E-state index in [-0.39, 0.29) is 12.1 Å². The van der Waals surface area contributed by atoms with Gasteiger partial charge in [-0.1, -0.05) is 31.2 Å². The molecule has 2 aliphatic rings. The first-order valence-corrected chi connectivity index (χ1v) is 11.3. The van der Waals surface area contributed by atoms with Crippen LogP contribution in [0.15, 0.2) is 35.5 Å². The molecule has 2 heterocycles. The highest BCUT2D eigenvalue weighted by atomic mass is 16.6. The van der Waals surface area contributed by atoms with Crippen molar-refractivity contribution in [2.75, 3.05) is 39.8 Å². The van der Waals surface area contributed by atoms with E-state index in [1.54, 1.807) is 4.90 Å². The van der Waals surface area contributed by atoms with Crippen molar-refractivity contribution < 1.29 is 23.9 Å². The summed E-state index contributed by atoms with van der Waals surface area (Å²) in [5, 5.41) is 5.65. The number of amides is 3. The van der Waals surface area contributed by atoms with Crippen molar-refractivity contribution in [3.63, 3.8) is 0 Å². The summed E-state index contributed by atoms with van der Waals surface area (Å²) in [4.78, 5) is 41.3. The second kappa shape index (κ2) is 10.2. The van der Waals surface area contributed by atoms with E-state index in [1.807, 2.05) is 45.0 Å². The van der Waals surface area contributed by atoms with Gasteiger partial charge in [0.25, 0.3) is 0 Å². The van der Waals surface area contributed by atoms with Crippen molar-refractivity contribution in [1.29, 1.82) is 0 Å². The standard InChI is InChI=1S/C24H34N4O5/c1-6-16-7-9-17(10-8-16)20-19(21(29)32-5)18(25-22(30)26-20)15-27-11-13-28(14-12-27)23(31)33-24(2,3)4/h7-10,20H,6,11-15H2,1-5H3,(H2,25,26,30). The molecule has 2 aliphatic heterocycles. The Balaban J connectivity index is 1.77. The summed E-state index contributed by atoms with van der Waals surface area (Å²) in [6.07, 6.45) is 0.571. The number of piperazine rings is 1. The number of methoxy groups -OCH3 is 1. The maximum atomic E-state index is 12.7. The number of urea groups is 1. The minimum Gasteiger partial charge on any atom is -0.466 e. The van der Waals surface area contributed by atoms with Crippen LogP contribution in [0.1, 0.15) is 44.9 Å². The number of hydrogen-bond donors (Lipinski definition) is 2. The normalized spacial score (nSPS) is 19.6. The van der Waals surface area contributed by atoms with Crippen LogP contribution in [0.2, 0.25) is 0 Å². The molecule has 33 heavy (non-hydrogen) atoms. The summed E-state index contributed by atoms with van der Waals surface area (Å²) >= 11 is 0. The maximum Gasteiger partial charge on any atom is 0.410 e. The zero-order valence-electron chi connectivity index (χ0n) is 20.1. The number of carbonyl (C=O) groups excluding carboxylic acids is 3.